The first-order chi connectivity index (χ1) is 13.2. The third-order valence-electron chi connectivity index (χ3n) is 3.91. The van der Waals surface area contributed by atoms with E-state index in [2.05, 4.69) is 0 Å². The van der Waals surface area contributed by atoms with E-state index in [1.165, 1.54) is 12.1 Å². The third kappa shape index (κ3) is 4.90. The van der Waals surface area contributed by atoms with Crippen LogP contribution in [0.15, 0.2) is 84.4 Å². The van der Waals surface area contributed by atoms with Crippen LogP contribution in [0, 0.1) is 17.1 Å². The molecule has 3 aromatic rings. The zero-order valence-corrected chi connectivity index (χ0v) is 14.4. The van der Waals surface area contributed by atoms with Crippen molar-refractivity contribution < 1.29 is 13.9 Å². The van der Waals surface area contributed by atoms with Crippen LogP contribution in [0.3, 0.4) is 0 Å². The molecule has 0 saturated heterocycles. The van der Waals surface area contributed by atoms with Crippen LogP contribution in [0.5, 0.6) is 5.75 Å². The van der Waals surface area contributed by atoms with Crippen LogP contribution in [0.25, 0.3) is 6.08 Å². The number of benzene rings is 3. The van der Waals surface area contributed by atoms with Gasteiger partial charge in [0.1, 0.15) is 29.8 Å². The predicted octanol–water partition coefficient (Wildman–Crippen LogP) is 5.19. The molecule has 3 rings (SSSR count). The first-order valence-corrected chi connectivity index (χ1v) is 8.34. The van der Waals surface area contributed by atoms with Crippen molar-refractivity contribution in [2.75, 3.05) is 0 Å². The molecule has 0 aliphatic rings. The molecule has 4 heteroatoms. The molecule has 0 heterocycles. The van der Waals surface area contributed by atoms with E-state index in [-0.39, 0.29) is 17.2 Å². The highest BCUT2D eigenvalue weighted by Gasteiger charge is 2.11. The summed E-state index contributed by atoms with van der Waals surface area (Å²) < 4.78 is 18.6. The van der Waals surface area contributed by atoms with Crippen molar-refractivity contribution >= 4 is 11.9 Å². The minimum Gasteiger partial charge on any atom is -0.489 e. The number of hydrogen-bond donors (Lipinski definition) is 0. The lowest BCUT2D eigenvalue weighted by Crippen LogP contribution is -2.01. The number of nitrogens with zero attached hydrogens (tertiary/aromatic N) is 1. The Morgan fingerprint density at radius 3 is 2.26 bits per heavy atom. The molecule has 0 aliphatic heterocycles. The van der Waals surface area contributed by atoms with Gasteiger partial charge in [-0.05, 0) is 41.5 Å². The highest BCUT2D eigenvalue weighted by atomic mass is 19.1. The molecule has 0 aromatic heterocycles. The number of ketones is 1. The Morgan fingerprint density at radius 2 is 1.63 bits per heavy atom. The minimum atomic E-state index is -0.310. The zero-order valence-electron chi connectivity index (χ0n) is 14.4. The lowest BCUT2D eigenvalue weighted by molar-refractivity contribution is 0.104. The van der Waals surface area contributed by atoms with Gasteiger partial charge in [0, 0.05) is 5.56 Å². The van der Waals surface area contributed by atoms with Crippen LogP contribution < -0.4 is 4.74 Å². The van der Waals surface area contributed by atoms with Crippen molar-refractivity contribution in [3.63, 3.8) is 0 Å². The fourth-order valence-corrected chi connectivity index (χ4v) is 2.47. The van der Waals surface area contributed by atoms with Gasteiger partial charge in [-0.1, -0.05) is 54.6 Å². The molecule has 0 N–H and O–H groups in total. The first kappa shape index (κ1) is 18.1. The number of allylic oxidation sites excluding steroid dienone is 1. The molecule has 0 aliphatic carbocycles. The second-order valence-corrected chi connectivity index (χ2v) is 5.85. The first-order valence-electron chi connectivity index (χ1n) is 8.34. The van der Waals surface area contributed by atoms with Crippen LogP contribution in [0.4, 0.5) is 4.39 Å². The Labute approximate surface area is 157 Å². The maximum absolute atomic E-state index is 12.9. The number of halogens is 1. The number of ether oxygens (including phenoxy) is 1. The van der Waals surface area contributed by atoms with E-state index >= 15 is 0 Å². The average Bonchev–Trinajstić information content (AvgIpc) is 2.72. The molecular formula is C23H16FNO2. The Bertz CT molecular complexity index is 985. The molecule has 0 atom stereocenters. The molecular weight excluding hydrogens is 341 g/mol. The van der Waals surface area contributed by atoms with Crippen molar-refractivity contribution in [3.8, 4) is 11.8 Å². The third-order valence-corrected chi connectivity index (χ3v) is 3.91. The molecule has 0 unspecified atom stereocenters. The fraction of sp³-hybridized carbons (Fsp3) is 0.0435. The van der Waals surface area contributed by atoms with Gasteiger partial charge in [-0.3, -0.25) is 4.79 Å². The highest BCUT2D eigenvalue weighted by molar-refractivity contribution is 6.14. The number of nitriles is 1. The number of hydrogen-bond acceptors (Lipinski definition) is 3. The smallest absolute Gasteiger partial charge is 0.203 e. The molecule has 3 nitrogen and oxygen atoms in total. The molecule has 27 heavy (non-hydrogen) atoms. The van der Waals surface area contributed by atoms with E-state index in [4.69, 9.17) is 4.74 Å². The van der Waals surface area contributed by atoms with E-state index < -0.39 is 0 Å². The lowest BCUT2D eigenvalue weighted by Gasteiger charge is -2.07. The summed E-state index contributed by atoms with van der Waals surface area (Å²) in [6, 6.07) is 23.8. The van der Waals surface area contributed by atoms with E-state index in [1.54, 1.807) is 66.7 Å². The largest absolute Gasteiger partial charge is 0.489 e. The summed E-state index contributed by atoms with van der Waals surface area (Å²) in [4.78, 5) is 12.4. The number of carbonyl (C=O) groups excluding carboxylic acids is 1. The quantitative estimate of drug-likeness (QED) is 0.346. The molecule has 3 aromatic carbocycles. The Morgan fingerprint density at radius 1 is 0.963 bits per heavy atom. The summed E-state index contributed by atoms with van der Waals surface area (Å²) in [6.07, 6.45) is 1.55. The topological polar surface area (TPSA) is 50.1 Å². The van der Waals surface area contributed by atoms with Crippen LogP contribution in [0.2, 0.25) is 0 Å². The van der Waals surface area contributed by atoms with Crippen LogP contribution in [0.1, 0.15) is 21.5 Å². The Hall–Kier alpha value is -3.71. The lowest BCUT2D eigenvalue weighted by atomic mass is 10.0. The van der Waals surface area contributed by atoms with Crippen LogP contribution >= 0.6 is 0 Å². The van der Waals surface area contributed by atoms with Gasteiger partial charge in [-0.2, -0.15) is 5.26 Å². The second-order valence-electron chi connectivity index (χ2n) is 5.85. The molecule has 0 amide bonds. The van der Waals surface area contributed by atoms with E-state index in [1.807, 2.05) is 12.1 Å². The molecule has 0 bridgehead atoms. The molecule has 132 valence electrons. The van der Waals surface area contributed by atoms with E-state index in [9.17, 15) is 14.4 Å². The van der Waals surface area contributed by atoms with Crippen LogP contribution in [-0.4, -0.2) is 5.78 Å². The van der Waals surface area contributed by atoms with Gasteiger partial charge in [0.15, 0.2) is 0 Å². The number of rotatable bonds is 6. The van der Waals surface area contributed by atoms with Crippen molar-refractivity contribution in [2.24, 2.45) is 0 Å². The maximum Gasteiger partial charge on any atom is 0.203 e. The van der Waals surface area contributed by atoms with Gasteiger partial charge in [0.05, 0.1) is 0 Å². The molecule has 0 spiro atoms. The monoisotopic (exact) mass is 357 g/mol. The van der Waals surface area contributed by atoms with Gasteiger partial charge >= 0.3 is 0 Å². The van der Waals surface area contributed by atoms with Crippen molar-refractivity contribution in [1.82, 2.24) is 0 Å². The minimum absolute atomic E-state index is 0.0705. The van der Waals surface area contributed by atoms with Crippen molar-refractivity contribution in [3.05, 3.63) is 107 Å². The summed E-state index contributed by atoms with van der Waals surface area (Å²) in [5, 5.41) is 9.31. The normalized spacial score (nSPS) is 10.9. The van der Waals surface area contributed by atoms with Crippen molar-refractivity contribution in [2.45, 2.75) is 6.61 Å². The standard InChI is InChI=1S/C23H16FNO2/c24-21-10-6-18(7-11-21)16-27-22-12-8-17(9-13-22)14-20(15-25)23(26)19-4-2-1-3-5-19/h1-14H,16H2/b20-14+. The van der Waals surface area contributed by atoms with Gasteiger partial charge in [-0.25, -0.2) is 4.39 Å². The highest BCUT2D eigenvalue weighted by Crippen LogP contribution is 2.18. The van der Waals surface area contributed by atoms with Crippen LogP contribution in [-0.2, 0) is 6.61 Å². The second kappa shape index (κ2) is 8.59. The van der Waals surface area contributed by atoms with E-state index in [0.717, 1.165) is 11.1 Å². The SMILES string of the molecule is N#C/C(=C\c1ccc(OCc2ccc(F)cc2)cc1)C(=O)c1ccccc1. The summed E-state index contributed by atoms with van der Waals surface area (Å²) in [6.45, 7) is 0.325. The summed E-state index contributed by atoms with van der Waals surface area (Å²) in [5.41, 5.74) is 2.14. The Kier molecular flexibility index (Phi) is 5.76. The van der Waals surface area contributed by atoms with Gasteiger partial charge in [0.25, 0.3) is 0 Å². The number of Topliss-reactive ketones (excluding diaryl/α,β-unsaturated/α-hetero) is 1. The molecule has 0 radical (unpaired) electrons. The molecule has 0 fully saturated rings. The van der Waals surface area contributed by atoms with Crippen molar-refractivity contribution in [1.29, 1.82) is 5.26 Å². The van der Waals surface area contributed by atoms with Gasteiger partial charge < -0.3 is 4.74 Å². The summed E-state index contributed by atoms with van der Waals surface area (Å²) in [5.74, 6) is 0.0485. The number of carbonyl (C=O) groups is 1. The average molecular weight is 357 g/mol. The van der Waals surface area contributed by atoms with Gasteiger partial charge in [-0.15, -0.1) is 0 Å². The Balaban J connectivity index is 1.68. The zero-order chi connectivity index (χ0) is 19.1. The molecule has 0 saturated carbocycles. The predicted molar refractivity (Wildman–Crippen MR) is 102 cm³/mol. The van der Waals surface area contributed by atoms with E-state index in [0.29, 0.717) is 17.9 Å². The summed E-state index contributed by atoms with van der Waals surface area (Å²) >= 11 is 0. The maximum atomic E-state index is 12.9. The van der Waals surface area contributed by atoms with Gasteiger partial charge in [0.2, 0.25) is 5.78 Å². The fourth-order valence-electron chi connectivity index (χ4n) is 2.47. The summed E-state index contributed by atoms with van der Waals surface area (Å²) in [7, 11) is 0.